The third-order valence-electron chi connectivity index (χ3n) is 3.69. The second kappa shape index (κ2) is 4.44. The fourth-order valence-corrected chi connectivity index (χ4v) is 2.72. The van der Waals surface area contributed by atoms with Gasteiger partial charge in [-0.3, -0.25) is 9.59 Å². The zero-order valence-corrected chi connectivity index (χ0v) is 10.3. The molecule has 1 aromatic carbocycles. The molecule has 94 valence electrons. The molecule has 3 rings (SSSR count). The number of likely N-dealkylation sites (tertiary alicyclic amines) is 1. The van der Waals surface area contributed by atoms with Crippen molar-refractivity contribution in [3.8, 4) is 0 Å². The van der Waals surface area contributed by atoms with E-state index in [2.05, 4.69) is 6.07 Å². The Morgan fingerprint density at radius 2 is 2.00 bits per heavy atom. The van der Waals surface area contributed by atoms with Gasteiger partial charge in [0.1, 0.15) is 6.54 Å². The predicted molar refractivity (Wildman–Crippen MR) is 68.3 cm³/mol. The highest BCUT2D eigenvalue weighted by molar-refractivity contribution is 5.98. The van der Waals surface area contributed by atoms with Crippen LogP contribution in [0, 0.1) is 0 Å². The molecule has 1 saturated heterocycles. The maximum absolute atomic E-state index is 12.2. The molecule has 0 radical (unpaired) electrons. The monoisotopic (exact) mass is 244 g/mol. The van der Waals surface area contributed by atoms with Gasteiger partial charge >= 0.3 is 0 Å². The number of carbonyl (C=O) groups excluding carboxylic acids is 2. The first-order valence-electron chi connectivity index (χ1n) is 6.42. The van der Waals surface area contributed by atoms with Gasteiger partial charge in [-0.2, -0.15) is 0 Å². The number of benzene rings is 1. The van der Waals surface area contributed by atoms with Crippen molar-refractivity contribution in [2.75, 3.05) is 24.5 Å². The number of rotatable bonds is 2. The lowest BCUT2D eigenvalue weighted by molar-refractivity contribution is -0.132. The van der Waals surface area contributed by atoms with Crippen molar-refractivity contribution in [1.29, 1.82) is 0 Å². The first-order chi connectivity index (χ1) is 8.75. The van der Waals surface area contributed by atoms with Crippen molar-refractivity contribution in [2.24, 2.45) is 0 Å². The van der Waals surface area contributed by atoms with Gasteiger partial charge < -0.3 is 9.80 Å². The molecule has 0 N–H and O–H groups in total. The van der Waals surface area contributed by atoms with E-state index in [9.17, 15) is 9.59 Å². The fourth-order valence-electron chi connectivity index (χ4n) is 2.72. The van der Waals surface area contributed by atoms with E-state index in [1.165, 1.54) is 5.56 Å². The molecule has 2 amide bonds. The second-order valence-electron chi connectivity index (χ2n) is 4.84. The molecule has 2 heterocycles. The summed E-state index contributed by atoms with van der Waals surface area (Å²) in [4.78, 5) is 27.2. The van der Waals surface area contributed by atoms with Crippen LogP contribution in [0.25, 0.3) is 0 Å². The highest BCUT2D eigenvalue weighted by Crippen LogP contribution is 2.27. The highest BCUT2D eigenvalue weighted by Gasteiger charge is 2.28. The molecule has 1 aromatic rings. The van der Waals surface area contributed by atoms with Gasteiger partial charge in [0.15, 0.2) is 0 Å². The van der Waals surface area contributed by atoms with Crippen LogP contribution in [0.15, 0.2) is 24.3 Å². The Morgan fingerprint density at radius 1 is 1.17 bits per heavy atom. The molecular formula is C14H16N2O2. The maximum Gasteiger partial charge on any atom is 0.246 e. The summed E-state index contributed by atoms with van der Waals surface area (Å²) in [5, 5.41) is 0. The van der Waals surface area contributed by atoms with Crippen molar-refractivity contribution in [3.05, 3.63) is 29.8 Å². The molecule has 0 aromatic heterocycles. The van der Waals surface area contributed by atoms with Crippen LogP contribution in [-0.2, 0) is 16.0 Å². The van der Waals surface area contributed by atoms with Crippen LogP contribution < -0.4 is 4.90 Å². The van der Waals surface area contributed by atoms with E-state index in [1.54, 1.807) is 9.80 Å². The fraction of sp³-hybridized carbons (Fsp3) is 0.429. The average molecular weight is 244 g/mol. The van der Waals surface area contributed by atoms with E-state index in [-0.39, 0.29) is 18.4 Å². The zero-order chi connectivity index (χ0) is 12.5. The normalized spacial score (nSPS) is 18.3. The topological polar surface area (TPSA) is 40.6 Å². The van der Waals surface area contributed by atoms with Crippen LogP contribution in [0.2, 0.25) is 0 Å². The summed E-state index contributed by atoms with van der Waals surface area (Å²) in [6.45, 7) is 1.69. The van der Waals surface area contributed by atoms with Crippen molar-refractivity contribution < 1.29 is 9.59 Å². The summed E-state index contributed by atoms with van der Waals surface area (Å²) < 4.78 is 0. The van der Waals surface area contributed by atoms with Gasteiger partial charge in [-0.1, -0.05) is 18.2 Å². The van der Waals surface area contributed by atoms with Crippen LogP contribution in [0.4, 0.5) is 5.69 Å². The smallest absolute Gasteiger partial charge is 0.246 e. The van der Waals surface area contributed by atoms with Gasteiger partial charge in [0.25, 0.3) is 0 Å². The number of hydrogen-bond acceptors (Lipinski definition) is 2. The average Bonchev–Trinajstić information content (AvgIpc) is 2.96. The lowest BCUT2D eigenvalue weighted by atomic mass is 10.2. The van der Waals surface area contributed by atoms with Crippen LogP contribution in [0.3, 0.4) is 0 Å². The van der Waals surface area contributed by atoms with Gasteiger partial charge in [0.2, 0.25) is 11.8 Å². The molecule has 0 aliphatic carbocycles. The first-order valence-corrected chi connectivity index (χ1v) is 6.42. The van der Waals surface area contributed by atoms with Crippen molar-refractivity contribution >= 4 is 17.5 Å². The Labute approximate surface area is 106 Å². The molecule has 0 unspecified atom stereocenters. The standard InChI is InChI=1S/C14H16N2O2/c17-13-6-3-8-15(13)10-14(18)16-9-7-11-4-1-2-5-12(11)16/h1-2,4-5H,3,6-10H2. The van der Waals surface area contributed by atoms with E-state index in [4.69, 9.17) is 0 Å². The molecule has 4 nitrogen and oxygen atoms in total. The number of nitrogens with zero attached hydrogens (tertiary/aromatic N) is 2. The Balaban J connectivity index is 1.73. The Hall–Kier alpha value is -1.84. The predicted octanol–water partition coefficient (Wildman–Crippen LogP) is 1.20. The molecule has 2 aliphatic heterocycles. The second-order valence-corrected chi connectivity index (χ2v) is 4.84. The van der Waals surface area contributed by atoms with Gasteiger partial charge in [-0.05, 0) is 24.5 Å². The summed E-state index contributed by atoms with van der Waals surface area (Å²) >= 11 is 0. The van der Waals surface area contributed by atoms with Gasteiger partial charge in [0.05, 0.1) is 0 Å². The lowest BCUT2D eigenvalue weighted by Gasteiger charge is -2.21. The summed E-state index contributed by atoms with van der Waals surface area (Å²) in [5.74, 6) is 0.144. The van der Waals surface area contributed by atoms with E-state index in [0.29, 0.717) is 6.42 Å². The van der Waals surface area contributed by atoms with Crippen molar-refractivity contribution in [2.45, 2.75) is 19.3 Å². The Kier molecular flexibility index (Phi) is 2.78. The van der Waals surface area contributed by atoms with E-state index in [1.807, 2.05) is 18.2 Å². The van der Waals surface area contributed by atoms with Crippen molar-refractivity contribution in [1.82, 2.24) is 4.90 Å². The molecule has 0 saturated carbocycles. The number of amides is 2. The minimum Gasteiger partial charge on any atom is -0.333 e. The molecule has 2 aliphatic rings. The molecule has 18 heavy (non-hydrogen) atoms. The molecule has 0 atom stereocenters. The van der Waals surface area contributed by atoms with Gasteiger partial charge in [-0.25, -0.2) is 0 Å². The minimum atomic E-state index is 0.0372. The van der Waals surface area contributed by atoms with Crippen LogP contribution in [-0.4, -0.2) is 36.3 Å². The number of anilines is 1. The minimum absolute atomic E-state index is 0.0372. The summed E-state index contributed by atoms with van der Waals surface area (Å²) in [7, 11) is 0. The SMILES string of the molecule is O=C1CCCN1CC(=O)N1CCc2ccccc21. The van der Waals surface area contributed by atoms with E-state index >= 15 is 0 Å². The first kappa shape index (κ1) is 11.3. The number of carbonyl (C=O) groups is 2. The molecule has 1 fully saturated rings. The molecular weight excluding hydrogens is 228 g/mol. The van der Waals surface area contributed by atoms with Crippen LogP contribution in [0.1, 0.15) is 18.4 Å². The largest absolute Gasteiger partial charge is 0.333 e. The van der Waals surface area contributed by atoms with E-state index in [0.717, 1.165) is 31.6 Å². The highest BCUT2D eigenvalue weighted by atomic mass is 16.2. The number of fused-ring (bicyclic) bond motifs is 1. The summed E-state index contributed by atoms with van der Waals surface area (Å²) in [6, 6.07) is 7.98. The third-order valence-corrected chi connectivity index (χ3v) is 3.69. The zero-order valence-electron chi connectivity index (χ0n) is 10.3. The quantitative estimate of drug-likeness (QED) is 0.784. The molecule has 4 heteroatoms. The lowest BCUT2D eigenvalue weighted by Crippen LogP contribution is -2.40. The summed E-state index contributed by atoms with van der Waals surface area (Å²) in [5.41, 5.74) is 2.23. The molecule has 0 bridgehead atoms. The van der Waals surface area contributed by atoms with Crippen LogP contribution in [0.5, 0.6) is 0 Å². The Bertz CT molecular complexity index is 498. The van der Waals surface area contributed by atoms with Crippen LogP contribution >= 0.6 is 0 Å². The van der Waals surface area contributed by atoms with Crippen molar-refractivity contribution in [3.63, 3.8) is 0 Å². The Morgan fingerprint density at radius 3 is 2.78 bits per heavy atom. The van der Waals surface area contributed by atoms with E-state index < -0.39 is 0 Å². The third kappa shape index (κ3) is 1.88. The number of hydrogen-bond donors (Lipinski definition) is 0. The number of para-hydroxylation sites is 1. The van der Waals surface area contributed by atoms with Gasteiger partial charge in [0, 0.05) is 25.2 Å². The maximum atomic E-state index is 12.2. The van der Waals surface area contributed by atoms with Gasteiger partial charge in [-0.15, -0.1) is 0 Å². The summed E-state index contributed by atoms with van der Waals surface area (Å²) in [6.07, 6.45) is 2.38. The molecule has 0 spiro atoms.